The highest BCUT2D eigenvalue weighted by Gasteiger charge is 2.41. The summed E-state index contributed by atoms with van der Waals surface area (Å²) in [5.74, 6) is 0.0924. The number of fused-ring (bicyclic) bond motifs is 8. The molecule has 2 aliphatic rings. The van der Waals surface area contributed by atoms with Crippen molar-refractivity contribution in [2.24, 2.45) is 0 Å². The molecule has 0 amide bonds. The van der Waals surface area contributed by atoms with Crippen LogP contribution in [0.3, 0.4) is 0 Å². The average Bonchev–Trinajstić information content (AvgIpc) is 4.04. The summed E-state index contributed by atoms with van der Waals surface area (Å²) in [4.78, 5) is 9.08. The Labute approximate surface area is 325 Å². The van der Waals surface area contributed by atoms with Crippen molar-refractivity contribution in [2.45, 2.75) is 38.5 Å². The van der Waals surface area contributed by atoms with E-state index in [1.54, 1.807) is 6.07 Å². The minimum Gasteiger partial charge on any atom is -0.436 e. The molecule has 54 heavy (non-hydrogen) atoms. The van der Waals surface area contributed by atoms with Gasteiger partial charge in [0.2, 0.25) is 11.8 Å². The van der Waals surface area contributed by atoms with E-state index in [1.807, 2.05) is 24.3 Å². The molecular weight excluding hydrogens is 661 g/mol. The van der Waals surface area contributed by atoms with Crippen LogP contribution < -0.4 is 0 Å². The maximum atomic E-state index is 8.47. The molecular formula is C50H36N2O2. The first-order valence-corrected chi connectivity index (χ1v) is 18.0. The number of benzene rings is 7. The van der Waals surface area contributed by atoms with Crippen molar-refractivity contribution < 1.29 is 19.8 Å². The number of nitrogens with zero attached hydrogens (tertiary/aromatic N) is 2. The molecule has 0 saturated carbocycles. The number of para-hydroxylation sites is 4. The van der Waals surface area contributed by atoms with Crippen LogP contribution in [0.2, 0.25) is 0 Å². The van der Waals surface area contributed by atoms with Crippen LogP contribution >= 0.6 is 0 Å². The lowest BCUT2D eigenvalue weighted by Crippen LogP contribution is -2.18. The lowest BCUT2D eigenvalue weighted by atomic mass is 9.77. The Morgan fingerprint density at radius 1 is 0.426 bits per heavy atom. The first-order valence-electron chi connectivity index (χ1n) is 22.0. The molecule has 0 spiro atoms. The minimum absolute atomic E-state index is 0.00900. The Hall–Kier alpha value is -6.52. The molecule has 0 radical (unpaired) electrons. The van der Waals surface area contributed by atoms with Gasteiger partial charge in [-0.3, -0.25) is 0 Å². The summed E-state index contributed by atoms with van der Waals surface area (Å²) in [6.07, 6.45) is 0. The zero-order valence-corrected chi connectivity index (χ0v) is 29.9. The van der Waals surface area contributed by atoms with Gasteiger partial charge < -0.3 is 8.83 Å². The van der Waals surface area contributed by atoms with Gasteiger partial charge in [0, 0.05) is 22.0 Å². The van der Waals surface area contributed by atoms with Crippen LogP contribution in [0.25, 0.3) is 89.6 Å². The topological polar surface area (TPSA) is 52.1 Å². The molecule has 2 aromatic heterocycles. The molecule has 7 aromatic carbocycles. The van der Waals surface area contributed by atoms with Crippen molar-refractivity contribution in [2.75, 3.05) is 0 Å². The van der Waals surface area contributed by atoms with E-state index < -0.39 is 24.2 Å². The molecule has 0 bridgehead atoms. The van der Waals surface area contributed by atoms with Crippen molar-refractivity contribution in [3.05, 3.63) is 168 Å². The Morgan fingerprint density at radius 3 is 1.59 bits per heavy atom. The third kappa shape index (κ3) is 4.50. The van der Waals surface area contributed by atoms with Crippen molar-refractivity contribution in [1.82, 2.24) is 9.97 Å². The van der Waals surface area contributed by atoms with E-state index in [9.17, 15) is 0 Å². The van der Waals surface area contributed by atoms with Crippen LogP contribution in [0.1, 0.15) is 60.9 Å². The molecule has 0 saturated heterocycles. The van der Waals surface area contributed by atoms with E-state index in [1.165, 1.54) is 44.5 Å². The first kappa shape index (κ1) is 23.9. The van der Waals surface area contributed by atoms with E-state index >= 15 is 0 Å². The van der Waals surface area contributed by atoms with Gasteiger partial charge >= 0.3 is 0 Å². The van der Waals surface area contributed by atoms with Gasteiger partial charge in [0.1, 0.15) is 11.0 Å². The van der Waals surface area contributed by atoms with Crippen molar-refractivity contribution in [3.63, 3.8) is 0 Å². The zero-order valence-electron chi connectivity index (χ0n) is 37.9. The molecule has 0 N–H and O–H groups in total. The quantitative estimate of drug-likeness (QED) is 0.183. The maximum Gasteiger partial charge on any atom is 0.227 e. The Kier molecular flexibility index (Phi) is 4.87. The van der Waals surface area contributed by atoms with Gasteiger partial charge in [0.05, 0.1) is 11.0 Å². The minimum atomic E-state index is -0.430. The van der Waals surface area contributed by atoms with Gasteiger partial charge in [0.15, 0.2) is 11.2 Å². The number of rotatable bonds is 4. The maximum absolute atomic E-state index is 8.47. The first-order chi connectivity index (χ1) is 29.5. The summed E-state index contributed by atoms with van der Waals surface area (Å²) in [6, 6.07) is 30.8. The van der Waals surface area contributed by atoms with Crippen LogP contribution in [0.15, 0.2) is 154 Å². The predicted octanol–water partition coefficient (Wildman–Crippen LogP) is 13.2. The van der Waals surface area contributed by atoms with Crippen LogP contribution in [0.4, 0.5) is 0 Å². The number of hydrogen-bond donors (Lipinski definition) is 0. The molecule has 9 aromatic rings. The zero-order chi connectivity index (χ0) is 43.3. The molecule has 4 heteroatoms. The lowest BCUT2D eigenvalue weighted by molar-refractivity contribution is 0.617. The molecule has 2 aliphatic carbocycles. The van der Waals surface area contributed by atoms with Gasteiger partial charge in [-0.15, -0.1) is 0 Å². The Morgan fingerprint density at radius 2 is 0.926 bits per heavy atom. The number of oxazole rings is 2. The molecule has 0 atom stereocenters. The lowest BCUT2D eigenvalue weighted by Gasteiger charge is -2.26. The van der Waals surface area contributed by atoms with Crippen molar-refractivity contribution >= 4 is 22.2 Å². The monoisotopic (exact) mass is 704 g/mol. The third-order valence-corrected chi connectivity index (χ3v) is 11.4. The predicted molar refractivity (Wildman–Crippen MR) is 218 cm³/mol. The second-order valence-corrected chi connectivity index (χ2v) is 15.3. The van der Waals surface area contributed by atoms with E-state index in [0.29, 0.717) is 16.7 Å². The molecule has 0 unspecified atom stereocenters. The molecule has 2 heterocycles. The van der Waals surface area contributed by atoms with Crippen LogP contribution in [0.5, 0.6) is 0 Å². The Bertz CT molecular complexity index is 3270. The normalized spacial score (nSPS) is 16.7. The average molecular weight is 705 g/mol. The van der Waals surface area contributed by atoms with Gasteiger partial charge in [-0.2, -0.15) is 0 Å². The highest BCUT2D eigenvalue weighted by atomic mass is 16.4. The van der Waals surface area contributed by atoms with Gasteiger partial charge in [-0.25, -0.2) is 9.97 Å². The molecule has 258 valence electrons. The van der Waals surface area contributed by atoms with Crippen molar-refractivity contribution in [1.29, 1.82) is 0 Å². The van der Waals surface area contributed by atoms with Crippen molar-refractivity contribution in [3.8, 4) is 67.4 Å². The largest absolute Gasteiger partial charge is 0.436 e. The molecule has 0 fully saturated rings. The molecule has 11 rings (SSSR count). The summed E-state index contributed by atoms with van der Waals surface area (Å²) >= 11 is 0. The summed E-state index contributed by atoms with van der Waals surface area (Å²) < 4.78 is 78.7. The number of aromatic nitrogens is 2. The molecule has 0 aliphatic heterocycles. The van der Waals surface area contributed by atoms with Crippen LogP contribution in [-0.2, 0) is 10.8 Å². The second-order valence-electron chi connectivity index (χ2n) is 15.3. The number of hydrogen-bond acceptors (Lipinski definition) is 4. The summed E-state index contributed by atoms with van der Waals surface area (Å²) in [6.45, 7) is 9.23. The van der Waals surface area contributed by atoms with Gasteiger partial charge in [-0.1, -0.05) is 113 Å². The summed E-state index contributed by atoms with van der Waals surface area (Å²) in [5, 5.41) is 0. The highest BCUT2D eigenvalue weighted by Crippen LogP contribution is 2.56. The van der Waals surface area contributed by atoms with Crippen LogP contribution in [-0.4, -0.2) is 9.97 Å². The second kappa shape index (κ2) is 11.0. The fourth-order valence-electron chi connectivity index (χ4n) is 8.61. The summed E-state index contributed by atoms with van der Waals surface area (Å²) in [5.41, 5.74) is 14.3. The fourth-order valence-corrected chi connectivity index (χ4v) is 8.61. The fraction of sp³-hybridized carbons (Fsp3) is 0.120. The molecule has 4 nitrogen and oxygen atoms in total. The third-order valence-electron chi connectivity index (χ3n) is 11.4. The van der Waals surface area contributed by atoms with E-state index in [0.717, 1.165) is 16.7 Å². The highest BCUT2D eigenvalue weighted by molar-refractivity contribution is 5.91. The van der Waals surface area contributed by atoms with E-state index in [-0.39, 0.29) is 69.0 Å². The van der Waals surface area contributed by atoms with Gasteiger partial charge in [0.25, 0.3) is 0 Å². The van der Waals surface area contributed by atoms with Crippen LogP contribution in [0, 0.1) is 0 Å². The van der Waals surface area contributed by atoms with E-state index in [2.05, 4.69) is 104 Å². The Balaban J connectivity index is 1.05. The SMILES string of the molecule is [2H]c1c([2H])c([2H])c2oc(-c3cc(-c4cccc(-c5ccc6c(c5)C(C)(C)c5cc7c(cc5-6)-c5ccccc5C7(C)C)c4)cc(-c4nc5c([2H])c([2H])c([2H])c([2H])c5o4)c3)nc2c1[2H]. The summed E-state index contributed by atoms with van der Waals surface area (Å²) in [7, 11) is 0. The van der Waals surface area contributed by atoms with Gasteiger partial charge in [-0.05, 0) is 127 Å². The smallest absolute Gasteiger partial charge is 0.227 e. The van der Waals surface area contributed by atoms with E-state index in [4.69, 9.17) is 19.8 Å². The standard InChI is InChI=1S/C50H36N2O2/c1-49(2)39-15-6-5-14-35(39)37-27-38-36-21-20-31(26-40(36)50(3,4)42(38)28-41(37)49)29-12-11-13-30(22-29)32-23-33(47-51-43-16-7-9-18-45(43)53-47)25-34(24-32)48-52-44-17-8-10-19-46(44)54-48/h5-28H,1-4H3/i7D,8D,9D,10D,16D,17D,18D,19D.